The third kappa shape index (κ3) is 4.18. The minimum Gasteiger partial charge on any atom is -0.454 e. The quantitative estimate of drug-likeness (QED) is 0.499. The molecule has 0 aliphatic carbocycles. The molecule has 0 spiro atoms. The lowest BCUT2D eigenvalue weighted by molar-refractivity contribution is -0.148. The fourth-order valence-corrected chi connectivity index (χ4v) is 3.28. The molecule has 9 nitrogen and oxygen atoms in total. The Bertz CT molecular complexity index is 1090. The molecule has 0 bridgehead atoms. The van der Waals surface area contributed by atoms with Crippen molar-refractivity contribution in [2.24, 2.45) is 0 Å². The van der Waals surface area contributed by atoms with Gasteiger partial charge in [0, 0.05) is 5.56 Å². The number of thiazole rings is 1. The van der Waals surface area contributed by atoms with Crippen LogP contribution in [0.3, 0.4) is 0 Å². The maximum Gasteiger partial charge on any atom is 0.330 e. The molecule has 0 aliphatic rings. The summed E-state index contributed by atoms with van der Waals surface area (Å²) in [6.07, 6.45) is 0. The number of esters is 1. The van der Waals surface area contributed by atoms with Crippen LogP contribution in [0.2, 0.25) is 0 Å². The van der Waals surface area contributed by atoms with Gasteiger partial charge in [-0.3, -0.25) is 10.1 Å². The number of fused-ring (bicyclic) bond motifs is 1. The second kappa shape index (κ2) is 7.92. The fourth-order valence-electron chi connectivity index (χ4n) is 2.40. The van der Waals surface area contributed by atoms with Gasteiger partial charge < -0.3 is 4.74 Å². The van der Waals surface area contributed by atoms with Crippen molar-refractivity contribution in [2.75, 3.05) is 11.9 Å². The van der Waals surface area contributed by atoms with Crippen LogP contribution in [0, 0.1) is 0 Å². The van der Waals surface area contributed by atoms with Gasteiger partial charge >= 0.3 is 5.97 Å². The monoisotopic (exact) mass is 394 g/mol. The lowest BCUT2D eigenvalue weighted by atomic mass is 10.2. The highest BCUT2D eigenvalue weighted by Crippen LogP contribution is 2.25. The first kappa shape index (κ1) is 17.7. The summed E-state index contributed by atoms with van der Waals surface area (Å²) in [6.45, 7) is -0.663. The van der Waals surface area contributed by atoms with E-state index in [2.05, 4.69) is 25.7 Å². The molecule has 0 saturated carbocycles. The number of hydrogen-bond acceptors (Lipinski definition) is 8. The molecule has 140 valence electrons. The third-order valence-electron chi connectivity index (χ3n) is 3.66. The second-order valence-corrected chi connectivity index (χ2v) is 6.74. The van der Waals surface area contributed by atoms with E-state index in [1.807, 2.05) is 54.6 Å². The third-order valence-corrected chi connectivity index (χ3v) is 4.61. The molecule has 0 unspecified atom stereocenters. The van der Waals surface area contributed by atoms with Gasteiger partial charge in [0.1, 0.15) is 0 Å². The molecule has 4 rings (SSSR count). The molecule has 0 radical (unpaired) electrons. The van der Waals surface area contributed by atoms with E-state index in [-0.39, 0.29) is 6.54 Å². The summed E-state index contributed by atoms with van der Waals surface area (Å²) in [4.78, 5) is 29.3. The molecule has 4 aromatic rings. The fraction of sp³-hybridized carbons (Fsp3) is 0.111. The molecule has 0 atom stereocenters. The zero-order valence-electron chi connectivity index (χ0n) is 14.5. The number of hydrogen-bond donors (Lipinski definition) is 1. The molecular weight excluding hydrogens is 380 g/mol. The van der Waals surface area contributed by atoms with Crippen molar-refractivity contribution in [1.82, 2.24) is 25.2 Å². The summed E-state index contributed by atoms with van der Waals surface area (Å²) in [5, 5.41) is 14.9. The van der Waals surface area contributed by atoms with Crippen LogP contribution in [0.5, 0.6) is 0 Å². The smallest absolute Gasteiger partial charge is 0.330 e. The van der Waals surface area contributed by atoms with Crippen LogP contribution in [0.1, 0.15) is 0 Å². The number of carbonyl (C=O) groups is 2. The molecule has 1 amide bonds. The number of rotatable bonds is 6. The number of anilines is 1. The Kier molecular flexibility index (Phi) is 5.02. The van der Waals surface area contributed by atoms with Crippen LogP contribution in [0.4, 0.5) is 5.13 Å². The maximum atomic E-state index is 12.0. The number of para-hydroxylation sites is 1. The first-order valence-electron chi connectivity index (χ1n) is 8.32. The average Bonchev–Trinajstić information content (AvgIpc) is 3.33. The van der Waals surface area contributed by atoms with Crippen LogP contribution in [-0.4, -0.2) is 43.7 Å². The Morgan fingerprint density at radius 1 is 1.07 bits per heavy atom. The van der Waals surface area contributed by atoms with Crippen molar-refractivity contribution in [3.05, 3.63) is 54.6 Å². The molecule has 10 heteroatoms. The van der Waals surface area contributed by atoms with Gasteiger partial charge in [-0.25, -0.2) is 9.78 Å². The highest BCUT2D eigenvalue weighted by molar-refractivity contribution is 7.22. The van der Waals surface area contributed by atoms with E-state index in [1.54, 1.807) is 0 Å². The number of ether oxygens (including phenoxy) is 1. The second-order valence-electron chi connectivity index (χ2n) is 5.71. The van der Waals surface area contributed by atoms with Gasteiger partial charge in [-0.05, 0) is 17.3 Å². The molecule has 0 saturated heterocycles. The lowest BCUT2D eigenvalue weighted by Gasteiger charge is -2.03. The highest BCUT2D eigenvalue weighted by atomic mass is 32.1. The molecule has 2 heterocycles. The van der Waals surface area contributed by atoms with Crippen LogP contribution < -0.4 is 5.32 Å². The molecule has 1 N–H and O–H groups in total. The van der Waals surface area contributed by atoms with Gasteiger partial charge in [0.15, 0.2) is 18.3 Å². The number of nitrogens with zero attached hydrogens (tertiary/aromatic N) is 5. The van der Waals surface area contributed by atoms with E-state index in [1.165, 1.54) is 11.3 Å². The summed E-state index contributed by atoms with van der Waals surface area (Å²) < 4.78 is 5.93. The Hall–Kier alpha value is -3.66. The number of aromatic nitrogens is 5. The van der Waals surface area contributed by atoms with E-state index >= 15 is 0 Å². The summed E-state index contributed by atoms with van der Waals surface area (Å²) in [5.74, 6) is -0.706. The summed E-state index contributed by atoms with van der Waals surface area (Å²) in [6, 6.07) is 16.8. The summed E-state index contributed by atoms with van der Waals surface area (Å²) in [7, 11) is 0. The number of amides is 1. The van der Waals surface area contributed by atoms with Crippen molar-refractivity contribution in [1.29, 1.82) is 0 Å². The van der Waals surface area contributed by atoms with Gasteiger partial charge in [-0.2, -0.15) is 4.80 Å². The molecular formula is C18H14N6O3S. The zero-order valence-corrected chi connectivity index (χ0v) is 15.3. The number of nitrogens with one attached hydrogen (secondary N) is 1. The van der Waals surface area contributed by atoms with E-state index < -0.39 is 18.5 Å². The van der Waals surface area contributed by atoms with Crippen molar-refractivity contribution in [3.63, 3.8) is 0 Å². The predicted octanol–water partition coefficient (Wildman–Crippen LogP) is 2.13. The molecule has 28 heavy (non-hydrogen) atoms. The molecule has 0 fully saturated rings. The molecule has 2 aromatic heterocycles. The van der Waals surface area contributed by atoms with Crippen LogP contribution in [-0.2, 0) is 20.9 Å². The predicted molar refractivity (Wildman–Crippen MR) is 102 cm³/mol. The van der Waals surface area contributed by atoms with Crippen molar-refractivity contribution in [3.8, 4) is 11.4 Å². The van der Waals surface area contributed by atoms with Crippen LogP contribution >= 0.6 is 11.3 Å². The Labute approximate surface area is 163 Å². The number of carbonyl (C=O) groups excluding carboxylic acids is 2. The van der Waals surface area contributed by atoms with Gasteiger partial charge in [-0.15, -0.1) is 10.2 Å². The molecule has 2 aromatic carbocycles. The van der Waals surface area contributed by atoms with E-state index in [0.717, 1.165) is 20.6 Å². The van der Waals surface area contributed by atoms with Gasteiger partial charge in [0.2, 0.25) is 5.82 Å². The van der Waals surface area contributed by atoms with E-state index in [0.29, 0.717) is 11.0 Å². The number of benzene rings is 2. The Balaban J connectivity index is 1.28. The van der Waals surface area contributed by atoms with Gasteiger partial charge in [-0.1, -0.05) is 53.8 Å². The van der Waals surface area contributed by atoms with Crippen LogP contribution in [0.25, 0.3) is 21.6 Å². The Morgan fingerprint density at radius 2 is 1.86 bits per heavy atom. The maximum absolute atomic E-state index is 12.0. The highest BCUT2D eigenvalue weighted by Gasteiger charge is 2.13. The van der Waals surface area contributed by atoms with Crippen LogP contribution in [0.15, 0.2) is 54.6 Å². The topological polar surface area (TPSA) is 112 Å². The average molecular weight is 394 g/mol. The summed E-state index contributed by atoms with van der Waals surface area (Å²) in [5.41, 5.74) is 1.59. The van der Waals surface area contributed by atoms with Crippen molar-refractivity contribution < 1.29 is 14.3 Å². The SMILES string of the molecule is O=C(COC(=O)Cn1nnc(-c2ccccc2)n1)Nc1nc2ccccc2s1. The van der Waals surface area contributed by atoms with Gasteiger partial charge in [0.05, 0.1) is 10.2 Å². The van der Waals surface area contributed by atoms with Gasteiger partial charge in [0.25, 0.3) is 5.91 Å². The van der Waals surface area contributed by atoms with Crippen molar-refractivity contribution >= 4 is 38.6 Å². The number of tetrazole rings is 1. The minimum absolute atomic E-state index is 0.242. The summed E-state index contributed by atoms with van der Waals surface area (Å²) >= 11 is 1.35. The zero-order chi connectivity index (χ0) is 19.3. The van der Waals surface area contributed by atoms with E-state index in [4.69, 9.17) is 4.74 Å². The first-order chi connectivity index (χ1) is 13.7. The standard InChI is InChI=1S/C18H14N6O3S/c25-15(20-18-19-13-8-4-5-9-14(13)28-18)11-27-16(26)10-24-22-17(21-23-24)12-6-2-1-3-7-12/h1-9H,10-11H2,(H,19,20,25). The molecule has 0 aliphatic heterocycles. The van der Waals surface area contributed by atoms with Crippen molar-refractivity contribution in [2.45, 2.75) is 6.54 Å². The Morgan fingerprint density at radius 3 is 2.68 bits per heavy atom. The normalized spacial score (nSPS) is 10.7. The first-order valence-corrected chi connectivity index (χ1v) is 9.13. The van der Waals surface area contributed by atoms with E-state index in [9.17, 15) is 9.59 Å². The largest absolute Gasteiger partial charge is 0.454 e. The lowest BCUT2D eigenvalue weighted by Crippen LogP contribution is -2.23. The minimum atomic E-state index is -0.642.